The van der Waals surface area contributed by atoms with Gasteiger partial charge in [0.05, 0.1) is 12.2 Å². The SMILES string of the molecule is CN=C(NCc1ccccc1C)NCc1ccnn1C. The molecule has 0 amide bonds. The average Bonchev–Trinajstić information content (AvgIpc) is 2.86. The van der Waals surface area contributed by atoms with Gasteiger partial charge >= 0.3 is 0 Å². The minimum Gasteiger partial charge on any atom is -0.352 e. The van der Waals surface area contributed by atoms with Crippen LogP contribution >= 0.6 is 0 Å². The highest BCUT2D eigenvalue weighted by Gasteiger charge is 2.02. The van der Waals surface area contributed by atoms with Crippen molar-refractivity contribution in [2.45, 2.75) is 20.0 Å². The maximum absolute atomic E-state index is 4.23. The summed E-state index contributed by atoms with van der Waals surface area (Å²) in [5.41, 5.74) is 3.67. The second-order valence-electron chi connectivity index (χ2n) is 4.65. The van der Waals surface area contributed by atoms with Crippen LogP contribution in [0.1, 0.15) is 16.8 Å². The number of nitrogens with zero attached hydrogens (tertiary/aromatic N) is 3. The van der Waals surface area contributed by atoms with Gasteiger partial charge in [0, 0.05) is 26.8 Å². The zero-order valence-corrected chi connectivity index (χ0v) is 12.2. The molecule has 0 spiro atoms. The summed E-state index contributed by atoms with van der Waals surface area (Å²) in [5, 5.41) is 10.7. The molecule has 5 nitrogen and oxygen atoms in total. The number of aromatic nitrogens is 2. The van der Waals surface area contributed by atoms with Gasteiger partial charge in [-0.3, -0.25) is 9.67 Å². The summed E-state index contributed by atoms with van der Waals surface area (Å²) in [4.78, 5) is 4.23. The van der Waals surface area contributed by atoms with E-state index in [-0.39, 0.29) is 0 Å². The van der Waals surface area contributed by atoms with Crippen LogP contribution in [0.25, 0.3) is 0 Å². The van der Waals surface area contributed by atoms with E-state index in [2.05, 4.69) is 45.8 Å². The van der Waals surface area contributed by atoms with Crippen molar-refractivity contribution in [2.75, 3.05) is 7.05 Å². The Bertz CT molecular complexity index is 585. The molecule has 0 fully saturated rings. The maximum atomic E-state index is 4.23. The van der Waals surface area contributed by atoms with Crippen LogP contribution in [0.2, 0.25) is 0 Å². The Morgan fingerprint density at radius 3 is 2.60 bits per heavy atom. The zero-order valence-electron chi connectivity index (χ0n) is 12.2. The Balaban J connectivity index is 1.87. The summed E-state index contributed by atoms with van der Waals surface area (Å²) in [5.74, 6) is 0.787. The predicted octanol–water partition coefficient (Wildman–Crippen LogP) is 1.59. The van der Waals surface area contributed by atoms with Gasteiger partial charge in [-0.05, 0) is 24.1 Å². The fourth-order valence-electron chi connectivity index (χ4n) is 1.96. The first kappa shape index (κ1) is 14.1. The van der Waals surface area contributed by atoms with Crippen molar-refractivity contribution >= 4 is 5.96 Å². The zero-order chi connectivity index (χ0) is 14.4. The summed E-state index contributed by atoms with van der Waals surface area (Å²) in [7, 11) is 3.71. The monoisotopic (exact) mass is 271 g/mol. The number of aryl methyl sites for hydroxylation is 2. The minimum atomic E-state index is 0.698. The maximum Gasteiger partial charge on any atom is 0.191 e. The molecule has 106 valence electrons. The van der Waals surface area contributed by atoms with Crippen molar-refractivity contribution < 1.29 is 0 Å². The molecule has 2 rings (SSSR count). The Hall–Kier alpha value is -2.30. The van der Waals surface area contributed by atoms with Gasteiger partial charge in [0.2, 0.25) is 0 Å². The number of hydrogen-bond acceptors (Lipinski definition) is 2. The number of aliphatic imine (C=N–C) groups is 1. The van der Waals surface area contributed by atoms with Crippen LogP contribution < -0.4 is 10.6 Å². The number of nitrogens with one attached hydrogen (secondary N) is 2. The lowest BCUT2D eigenvalue weighted by molar-refractivity contribution is 0.684. The minimum absolute atomic E-state index is 0.698. The second-order valence-corrected chi connectivity index (χ2v) is 4.65. The highest BCUT2D eigenvalue weighted by molar-refractivity contribution is 5.79. The number of hydrogen-bond donors (Lipinski definition) is 2. The van der Waals surface area contributed by atoms with E-state index < -0.39 is 0 Å². The Kier molecular flexibility index (Phi) is 4.76. The van der Waals surface area contributed by atoms with E-state index in [9.17, 15) is 0 Å². The summed E-state index contributed by atoms with van der Waals surface area (Å²) >= 11 is 0. The fraction of sp³-hybridized carbons (Fsp3) is 0.333. The summed E-state index contributed by atoms with van der Waals surface area (Å²) < 4.78 is 1.85. The number of rotatable bonds is 4. The van der Waals surface area contributed by atoms with Gasteiger partial charge < -0.3 is 10.6 Å². The third-order valence-electron chi connectivity index (χ3n) is 3.29. The molecule has 0 bridgehead atoms. The molecule has 2 N–H and O–H groups in total. The summed E-state index contributed by atoms with van der Waals surface area (Å²) in [6.07, 6.45) is 1.79. The van der Waals surface area contributed by atoms with Crippen LogP contribution in [0.3, 0.4) is 0 Å². The molecular formula is C15H21N5. The Morgan fingerprint density at radius 2 is 1.95 bits per heavy atom. The van der Waals surface area contributed by atoms with E-state index in [0.29, 0.717) is 6.54 Å². The van der Waals surface area contributed by atoms with Crippen LogP contribution in [0.15, 0.2) is 41.5 Å². The smallest absolute Gasteiger partial charge is 0.191 e. The van der Waals surface area contributed by atoms with Crippen molar-refractivity contribution in [1.29, 1.82) is 0 Å². The molecule has 0 saturated heterocycles. The normalized spacial score (nSPS) is 11.4. The topological polar surface area (TPSA) is 54.2 Å². The first-order chi connectivity index (χ1) is 9.70. The van der Waals surface area contributed by atoms with Gasteiger partial charge in [-0.2, -0.15) is 5.10 Å². The van der Waals surface area contributed by atoms with Crippen LogP contribution in [0.5, 0.6) is 0 Å². The van der Waals surface area contributed by atoms with Crippen molar-refractivity contribution in [3.8, 4) is 0 Å². The molecule has 5 heteroatoms. The fourth-order valence-corrected chi connectivity index (χ4v) is 1.96. The molecule has 0 aliphatic rings. The predicted molar refractivity (Wildman–Crippen MR) is 81.4 cm³/mol. The van der Waals surface area contributed by atoms with E-state index in [0.717, 1.165) is 18.2 Å². The summed E-state index contributed by atoms with van der Waals surface area (Å²) in [6, 6.07) is 10.3. The molecule has 0 atom stereocenters. The van der Waals surface area contributed by atoms with E-state index in [1.54, 1.807) is 13.2 Å². The van der Waals surface area contributed by atoms with Crippen LogP contribution in [-0.2, 0) is 20.1 Å². The van der Waals surface area contributed by atoms with E-state index in [1.165, 1.54) is 11.1 Å². The summed E-state index contributed by atoms with van der Waals surface area (Å²) in [6.45, 7) is 3.57. The molecule has 2 aromatic rings. The van der Waals surface area contributed by atoms with E-state index in [1.807, 2.05) is 23.9 Å². The molecule has 0 aliphatic carbocycles. The third kappa shape index (κ3) is 3.60. The van der Waals surface area contributed by atoms with E-state index in [4.69, 9.17) is 0 Å². The van der Waals surface area contributed by atoms with Gasteiger partial charge in [-0.25, -0.2) is 0 Å². The molecule has 0 unspecified atom stereocenters. The molecule has 1 aromatic heterocycles. The molecule has 0 aliphatic heterocycles. The van der Waals surface area contributed by atoms with Crippen LogP contribution in [-0.4, -0.2) is 22.8 Å². The largest absolute Gasteiger partial charge is 0.352 e. The molecule has 1 aromatic carbocycles. The Labute approximate surface area is 119 Å². The lowest BCUT2D eigenvalue weighted by Crippen LogP contribution is -2.36. The lowest BCUT2D eigenvalue weighted by atomic mass is 10.1. The molecule has 20 heavy (non-hydrogen) atoms. The van der Waals surface area contributed by atoms with Crippen molar-refractivity contribution in [1.82, 2.24) is 20.4 Å². The first-order valence-corrected chi connectivity index (χ1v) is 6.66. The molecule has 1 heterocycles. The van der Waals surface area contributed by atoms with Crippen molar-refractivity contribution in [3.05, 3.63) is 53.3 Å². The third-order valence-corrected chi connectivity index (χ3v) is 3.29. The van der Waals surface area contributed by atoms with Crippen LogP contribution in [0, 0.1) is 6.92 Å². The van der Waals surface area contributed by atoms with E-state index >= 15 is 0 Å². The second kappa shape index (κ2) is 6.75. The van der Waals surface area contributed by atoms with Gasteiger partial charge in [-0.15, -0.1) is 0 Å². The van der Waals surface area contributed by atoms with Gasteiger partial charge in [0.15, 0.2) is 5.96 Å². The first-order valence-electron chi connectivity index (χ1n) is 6.66. The quantitative estimate of drug-likeness (QED) is 0.656. The average molecular weight is 271 g/mol. The molecule has 0 saturated carbocycles. The number of benzene rings is 1. The van der Waals surface area contributed by atoms with Gasteiger partial charge in [0.25, 0.3) is 0 Å². The molecular weight excluding hydrogens is 250 g/mol. The van der Waals surface area contributed by atoms with Crippen molar-refractivity contribution in [3.63, 3.8) is 0 Å². The Morgan fingerprint density at radius 1 is 1.20 bits per heavy atom. The van der Waals surface area contributed by atoms with Crippen LogP contribution in [0.4, 0.5) is 0 Å². The van der Waals surface area contributed by atoms with Gasteiger partial charge in [-0.1, -0.05) is 24.3 Å². The van der Waals surface area contributed by atoms with Crippen molar-refractivity contribution in [2.24, 2.45) is 12.0 Å². The van der Waals surface area contributed by atoms with Gasteiger partial charge in [0.1, 0.15) is 0 Å². The lowest BCUT2D eigenvalue weighted by Gasteiger charge is -2.13. The highest BCUT2D eigenvalue weighted by atomic mass is 15.3. The molecule has 0 radical (unpaired) electrons. The standard InChI is InChI=1S/C15H21N5/c1-12-6-4-5-7-13(12)10-17-15(16-2)18-11-14-8-9-19-20(14)3/h4-9H,10-11H2,1-3H3,(H2,16,17,18). The highest BCUT2D eigenvalue weighted by Crippen LogP contribution is 2.05. The number of guanidine groups is 1.